The number of rotatable bonds is 2. The Kier molecular flexibility index (Phi) is 4.73. The zero-order valence-corrected chi connectivity index (χ0v) is 13.1. The number of nitrogens with zero attached hydrogens (tertiary/aromatic N) is 1. The molecule has 0 radical (unpaired) electrons. The largest absolute Gasteiger partial charge is 0.362 e. The van der Waals surface area contributed by atoms with Crippen LogP contribution in [0.2, 0.25) is 0 Å². The van der Waals surface area contributed by atoms with E-state index < -0.39 is 0 Å². The lowest BCUT2D eigenvalue weighted by Crippen LogP contribution is -2.46. The molecule has 0 spiro atoms. The summed E-state index contributed by atoms with van der Waals surface area (Å²) in [5, 5.41) is 4.97. The van der Waals surface area contributed by atoms with E-state index in [1.807, 2.05) is 11.8 Å². The zero-order valence-electron chi connectivity index (χ0n) is 12.2. The van der Waals surface area contributed by atoms with Gasteiger partial charge in [0.1, 0.15) is 0 Å². The van der Waals surface area contributed by atoms with Crippen LogP contribution in [-0.4, -0.2) is 23.5 Å². The molecule has 0 aromatic carbocycles. The third kappa shape index (κ3) is 3.68. The molecule has 2 saturated carbocycles. The van der Waals surface area contributed by atoms with E-state index in [0.717, 1.165) is 30.3 Å². The molecule has 1 N–H and O–H groups in total. The van der Waals surface area contributed by atoms with Crippen molar-refractivity contribution in [3.63, 3.8) is 0 Å². The quantitative estimate of drug-likeness (QED) is 0.825. The maximum Gasteiger partial charge on any atom is 0.156 e. The molecule has 2 aliphatic carbocycles. The molecule has 0 amide bonds. The molecule has 2 unspecified atom stereocenters. The number of hydrogen-bond acceptors (Lipinski definition) is 2. The molecule has 1 aliphatic heterocycles. The van der Waals surface area contributed by atoms with Crippen LogP contribution in [0.5, 0.6) is 0 Å². The summed E-state index contributed by atoms with van der Waals surface area (Å²) >= 11 is 1.98. The third-order valence-electron chi connectivity index (χ3n) is 5.28. The number of fused-ring (bicyclic) bond motifs is 1. The first-order chi connectivity index (χ1) is 9.31. The Balaban J connectivity index is 1.48. The van der Waals surface area contributed by atoms with Crippen LogP contribution in [-0.2, 0) is 0 Å². The van der Waals surface area contributed by atoms with Gasteiger partial charge in [-0.2, -0.15) is 0 Å². The highest BCUT2D eigenvalue weighted by atomic mass is 32.2. The van der Waals surface area contributed by atoms with Gasteiger partial charge in [0.05, 0.1) is 0 Å². The molecule has 1 saturated heterocycles. The van der Waals surface area contributed by atoms with Crippen LogP contribution in [0.3, 0.4) is 0 Å². The minimum absolute atomic E-state index is 0.736. The molecule has 3 heteroatoms. The van der Waals surface area contributed by atoms with Crippen LogP contribution >= 0.6 is 11.8 Å². The van der Waals surface area contributed by atoms with Gasteiger partial charge in [-0.1, -0.05) is 44.4 Å². The SMILES string of the molecule is CC1CCC(CN=C2NC3CCCCC3CS2)CC1. The Morgan fingerprint density at radius 3 is 2.74 bits per heavy atom. The molecular formula is C16H28N2S. The van der Waals surface area contributed by atoms with Crippen molar-refractivity contribution in [2.24, 2.45) is 22.7 Å². The summed E-state index contributed by atoms with van der Waals surface area (Å²) in [6.07, 6.45) is 11.3. The van der Waals surface area contributed by atoms with Gasteiger partial charge < -0.3 is 5.32 Å². The predicted molar refractivity (Wildman–Crippen MR) is 84.8 cm³/mol. The molecule has 3 rings (SSSR count). The van der Waals surface area contributed by atoms with Crippen molar-refractivity contribution in [3.8, 4) is 0 Å². The Hall–Kier alpha value is -0.180. The van der Waals surface area contributed by atoms with Gasteiger partial charge in [-0.05, 0) is 43.4 Å². The Bertz CT molecular complexity index is 321. The van der Waals surface area contributed by atoms with Crippen molar-refractivity contribution < 1.29 is 0 Å². The number of thioether (sulfide) groups is 1. The van der Waals surface area contributed by atoms with Gasteiger partial charge >= 0.3 is 0 Å². The maximum atomic E-state index is 4.89. The Morgan fingerprint density at radius 1 is 1.11 bits per heavy atom. The molecule has 3 fully saturated rings. The van der Waals surface area contributed by atoms with E-state index in [9.17, 15) is 0 Å². The van der Waals surface area contributed by atoms with E-state index in [0.29, 0.717) is 0 Å². The summed E-state index contributed by atoms with van der Waals surface area (Å²) in [6, 6.07) is 0.736. The average Bonchev–Trinajstić information content (AvgIpc) is 2.46. The fraction of sp³-hybridized carbons (Fsp3) is 0.938. The molecule has 0 aromatic rings. The normalized spacial score (nSPS) is 41.6. The highest BCUT2D eigenvalue weighted by Crippen LogP contribution is 2.32. The van der Waals surface area contributed by atoms with E-state index in [1.165, 1.54) is 62.3 Å². The van der Waals surface area contributed by atoms with Gasteiger partial charge in [0.25, 0.3) is 0 Å². The van der Waals surface area contributed by atoms with Gasteiger partial charge in [-0.15, -0.1) is 0 Å². The maximum absolute atomic E-state index is 4.89. The molecule has 0 bridgehead atoms. The molecule has 2 nitrogen and oxygen atoms in total. The van der Waals surface area contributed by atoms with Gasteiger partial charge in [0, 0.05) is 18.3 Å². The van der Waals surface area contributed by atoms with Crippen LogP contribution in [0.15, 0.2) is 4.99 Å². The van der Waals surface area contributed by atoms with Crippen LogP contribution < -0.4 is 5.32 Å². The van der Waals surface area contributed by atoms with E-state index in [4.69, 9.17) is 4.99 Å². The van der Waals surface area contributed by atoms with E-state index >= 15 is 0 Å². The standard InChI is InChI=1S/C16H28N2S/c1-12-6-8-13(9-7-12)10-17-16-18-15-5-3-2-4-14(15)11-19-16/h12-15H,2-11H2,1H3,(H,17,18). The van der Waals surface area contributed by atoms with Crippen LogP contribution in [0, 0.1) is 17.8 Å². The second-order valence-corrected chi connectivity index (χ2v) is 7.89. The minimum atomic E-state index is 0.736. The number of aliphatic imine (C=N–C) groups is 1. The molecular weight excluding hydrogens is 252 g/mol. The summed E-state index contributed by atoms with van der Waals surface area (Å²) in [6.45, 7) is 3.46. The summed E-state index contributed by atoms with van der Waals surface area (Å²) in [5.41, 5.74) is 0. The average molecular weight is 280 g/mol. The highest BCUT2D eigenvalue weighted by molar-refractivity contribution is 8.13. The molecule has 1 heterocycles. The van der Waals surface area contributed by atoms with Gasteiger partial charge in [0.2, 0.25) is 0 Å². The van der Waals surface area contributed by atoms with Crippen LogP contribution in [0.25, 0.3) is 0 Å². The first-order valence-corrected chi connectivity index (χ1v) is 9.23. The Labute approximate surface area is 122 Å². The van der Waals surface area contributed by atoms with Crippen molar-refractivity contribution in [2.45, 2.75) is 64.3 Å². The topological polar surface area (TPSA) is 24.4 Å². The lowest BCUT2D eigenvalue weighted by atomic mass is 9.83. The molecule has 2 atom stereocenters. The van der Waals surface area contributed by atoms with Crippen molar-refractivity contribution >= 4 is 16.9 Å². The second-order valence-electron chi connectivity index (χ2n) is 6.88. The fourth-order valence-corrected chi connectivity index (χ4v) is 4.97. The summed E-state index contributed by atoms with van der Waals surface area (Å²) in [5.74, 6) is 4.02. The molecule has 108 valence electrons. The Morgan fingerprint density at radius 2 is 1.89 bits per heavy atom. The summed E-state index contributed by atoms with van der Waals surface area (Å²) in [4.78, 5) is 4.89. The highest BCUT2D eigenvalue weighted by Gasteiger charge is 2.30. The van der Waals surface area contributed by atoms with Crippen molar-refractivity contribution in [2.75, 3.05) is 12.3 Å². The lowest BCUT2D eigenvalue weighted by molar-refractivity contribution is 0.294. The second kappa shape index (κ2) is 6.51. The van der Waals surface area contributed by atoms with E-state index in [-0.39, 0.29) is 0 Å². The van der Waals surface area contributed by atoms with Gasteiger partial charge in [-0.3, -0.25) is 4.99 Å². The smallest absolute Gasteiger partial charge is 0.156 e. The number of nitrogens with one attached hydrogen (secondary N) is 1. The number of amidine groups is 1. The molecule has 3 aliphatic rings. The summed E-state index contributed by atoms with van der Waals surface area (Å²) < 4.78 is 0. The van der Waals surface area contributed by atoms with Crippen molar-refractivity contribution in [1.29, 1.82) is 0 Å². The van der Waals surface area contributed by atoms with Crippen molar-refractivity contribution in [1.82, 2.24) is 5.32 Å². The van der Waals surface area contributed by atoms with Crippen LogP contribution in [0.4, 0.5) is 0 Å². The monoisotopic (exact) mass is 280 g/mol. The van der Waals surface area contributed by atoms with Gasteiger partial charge in [-0.25, -0.2) is 0 Å². The minimum Gasteiger partial charge on any atom is -0.362 e. The first-order valence-electron chi connectivity index (χ1n) is 8.25. The van der Waals surface area contributed by atoms with E-state index in [2.05, 4.69) is 12.2 Å². The summed E-state index contributed by atoms with van der Waals surface area (Å²) in [7, 11) is 0. The lowest BCUT2D eigenvalue weighted by Gasteiger charge is -2.37. The van der Waals surface area contributed by atoms with Crippen molar-refractivity contribution in [3.05, 3.63) is 0 Å². The first kappa shape index (κ1) is 13.8. The molecule has 0 aromatic heterocycles. The fourth-order valence-electron chi connectivity index (χ4n) is 3.80. The van der Waals surface area contributed by atoms with Gasteiger partial charge in [0.15, 0.2) is 5.17 Å². The number of hydrogen-bond donors (Lipinski definition) is 1. The predicted octanol–water partition coefficient (Wildman–Crippen LogP) is 4.06. The molecule has 19 heavy (non-hydrogen) atoms. The zero-order chi connectivity index (χ0) is 13.1. The third-order valence-corrected chi connectivity index (χ3v) is 6.40. The van der Waals surface area contributed by atoms with E-state index in [1.54, 1.807) is 0 Å². The van der Waals surface area contributed by atoms with Crippen LogP contribution in [0.1, 0.15) is 58.3 Å².